The Morgan fingerprint density at radius 2 is 1.63 bits per heavy atom. The molecule has 6 N–H and O–H groups in total. The van der Waals surface area contributed by atoms with Gasteiger partial charge in [-0.3, -0.25) is 9.78 Å². The molecule has 4 unspecified atom stereocenters. The van der Waals surface area contributed by atoms with Gasteiger partial charge in [-0.15, -0.1) is 0 Å². The molecule has 12 rings (SSSR count). The molecule has 15 nitrogen and oxygen atoms in total. The zero-order chi connectivity index (χ0) is 40.4. The van der Waals surface area contributed by atoms with E-state index in [0.29, 0.717) is 74.1 Å². The number of nitrogens with zero attached hydrogens (tertiary/aromatic N) is 9. The maximum Gasteiger partial charge on any atom is 0.251 e. The molecule has 19 heteroatoms. The van der Waals surface area contributed by atoms with E-state index in [9.17, 15) is 4.79 Å². The Hall–Kier alpha value is -4.78. The molecule has 6 aromatic heterocycles. The largest absolute Gasteiger partial charge is 0.355 e. The SMILES string of the molecule is CCc1[nH]c2nc(Sc3ccc4c(c3)C(=O)NC4)nc(N3CC4C(C3)C4NC3CC3c3[nH]c4nc(Sc5cnc6nccnc6c5)nc(N5CC[C@H](N)C5)c4c3Cl)c2c1Cl. The fourth-order valence-corrected chi connectivity index (χ4v) is 11.7. The Kier molecular flexibility index (Phi) is 8.72. The zero-order valence-corrected chi connectivity index (χ0v) is 35.4. The first-order valence-corrected chi connectivity index (χ1v) is 22.7. The van der Waals surface area contributed by atoms with Crippen molar-refractivity contribution in [2.45, 2.75) is 76.9 Å². The third-order valence-corrected chi connectivity index (χ3v) is 15.1. The van der Waals surface area contributed by atoms with Gasteiger partial charge in [0.15, 0.2) is 16.0 Å². The number of aromatic amines is 2. The number of halogens is 2. The Balaban J connectivity index is 0.769. The highest BCUT2D eigenvalue weighted by molar-refractivity contribution is 7.99. The molecule has 2 saturated carbocycles. The summed E-state index contributed by atoms with van der Waals surface area (Å²) in [4.78, 5) is 59.1. The van der Waals surface area contributed by atoms with Crippen LogP contribution in [0.4, 0.5) is 11.6 Å². The fourth-order valence-electron chi connectivity index (χ4n) is 9.39. The second-order valence-corrected chi connectivity index (χ2v) is 19.2. The highest BCUT2D eigenvalue weighted by atomic mass is 35.5. The molecule has 0 bridgehead atoms. The first-order chi connectivity index (χ1) is 29.3. The van der Waals surface area contributed by atoms with E-state index in [1.54, 1.807) is 18.6 Å². The van der Waals surface area contributed by atoms with Crippen LogP contribution in [0.15, 0.2) is 63.0 Å². The Morgan fingerprint density at radius 3 is 2.42 bits per heavy atom. The van der Waals surface area contributed by atoms with Crippen molar-refractivity contribution in [2.75, 3.05) is 36.0 Å². The van der Waals surface area contributed by atoms with E-state index in [0.717, 1.165) is 99.3 Å². The van der Waals surface area contributed by atoms with Crippen LogP contribution >= 0.6 is 46.7 Å². The van der Waals surface area contributed by atoms with E-state index in [2.05, 4.69) is 52.3 Å². The van der Waals surface area contributed by atoms with Crippen molar-refractivity contribution in [3.8, 4) is 0 Å². The maximum absolute atomic E-state index is 12.4. The van der Waals surface area contributed by atoms with Gasteiger partial charge in [-0.05, 0) is 78.4 Å². The van der Waals surface area contributed by atoms with Crippen LogP contribution in [-0.4, -0.2) is 95.1 Å². The van der Waals surface area contributed by atoms with Gasteiger partial charge in [0.25, 0.3) is 5.91 Å². The summed E-state index contributed by atoms with van der Waals surface area (Å²) < 4.78 is 0. The van der Waals surface area contributed by atoms with Crippen molar-refractivity contribution in [3.63, 3.8) is 0 Å². The smallest absolute Gasteiger partial charge is 0.251 e. The number of aryl methyl sites for hydroxylation is 1. The molecule has 3 aliphatic heterocycles. The highest BCUT2D eigenvalue weighted by Crippen LogP contribution is 2.53. The van der Waals surface area contributed by atoms with Crippen molar-refractivity contribution in [3.05, 3.63) is 75.4 Å². The molecule has 304 valence electrons. The fraction of sp³-hybridized carbons (Fsp3) is 0.366. The van der Waals surface area contributed by atoms with Crippen LogP contribution in [0.2, 0.25) is 10.0 Å². The predicted molar refractivity (Wildman–Crippen MR) is 232 cm³/mol. The lowest BCUT2D eigenvalue weighted by molar-refractivity contribution is 0.0965. The van der Waals surface area contributed by atoms with Crippen LogP contribution in [0.5, 0.6) is 0 Å². The minimum Gasteiger partial charge on any atom is -0.355 e. The lowest BCUT2D eigenvalue weighted by atomic mass is 10.1. The van der Waals surface area contributed by atoms with Crippen LogP contribution in [0.25, 0.3) is 33.2 Å². The van der Waals surface area contributed by atoms with Crippen LogP contribution in [0.3, 0.4) is 0 Å². The molecular formula is C41H38Cl2N14OS2. The Morgan fingerprint density at radius 1 is 0.883 bits per heavy atom. The number of aromatic nitrogens is 9. The minimum absolute atomic E-state index is 0.0441. The molecule has 0 spiro atoms. The van der Waals surface area contributed by atoms with Gasteiger partial charge >= 0.3 is 0 Å². The molecule has 1 amide bonds. The lowest BCUT2D eigenvalue weighted by Crippen LogP contribution is -2.33. The first-order valence-electron chi connectivity index (χ1n) is 20.3. The average Bonchev–Trinajstić information content (AvgIpc) is 3.65. The number of carbonyl (C=O) groups excluding carboxylic acids is 1. The second kappa shape index (κ2) is 14.1. The maximum atomic E-state index is 12.4. The zero-order valence-electron chi connectivity index (χ0n) is 32.2. The number of hydrogen-bond acceptors (Lipinski definition) is 14. The average molecular weight is 878 g/mol. The quantitative estimate of drug-likeness (QED) is 0.0990. The van der Waals surface area contributed by atoms with Crippen LogP contribution in [0.1, 0.15) is 53.0 Å². The van der Waals surface area contributed by atoms with Crippen molar-refractivity contribution in [1.82, 2.24) is 55.5 Å². The van der Waals surface area contributed by atoms with Gasteiger partial charge in [-0.2, -0.15) is 0 Å². The number of nitrogens with one attached hydrogen (secondary N) is 4. The normalized spacial score (nSPS) is 24.2. The van der Waals surface area contributed by atoms with Gasteiger partial charge in [0.1, 0.15) is 28.4 Å². The first kappa shape index (κ1) is 37.0. The van der Waals surface area contributed by atoms with E-state index in [-0.39, 0.29) is 17.9 Å². The minimum atomic E-state index is -0.0441. The number of hydrogen-bond donors (Lipinski definition) is 5. The van der Waals surface area contributed by atoms with E-state index in [4.69, 9.17) is 48.9 Å². The summed E-state index contributed by atoms with van der Waals surface area (Å²) in [5.41, 5.74) is 12.8. The number of anilines is 2. The standard InChI is InChI=1S/C41H38Cl2N14OS2/c1-2-25-30(42)28-35(50-25)52-40(59-19-4-3-17-12-48-39(58)21(17)9-19)55-38(28)57-15-23-24(16-57)32(23)49-26-11-22(26)33-31(43)29-36(51-33)53-41(54-37(29)56-8-5-18(44)14-56)60-20-10-27-34(47-13-20)46-7-6-45-27/h3-4,6-7,9-10,13,18,22-24,26,32,49H,2,5,8,11-12,14-16,44H2,1H3,(H,48,58)(H,50,52,55)(H,51,53,54)/t18-,22?,23?,24?,26?,32?/m0/s1. The third kappa shape index (κ3) is 6.26. The number of rotatable bonds is 10. The summed E-state index contributed by atoms with van der Waals surface area (Å²) in [6, 6.07) is 8.72. The number of fused-ring (bicyclic) bond motifs is 5. The van der Waals surface area contributed by atoms with Gasteiger partial charge in [0.2, 0.25) is 0 Å². The Labute approximate surface area is 361 Å². The van der Waals surface area contributed by atoms with Crippen molar-refractivity contribution in [1.29, 1.82) is 0 Å². The second-order valence-electron chi connectivity index (χ2n) is 16.4. The van der Waals surface area contributed by atoms with E-state index >= 15 is 0 Å². The number of nitrogens with two attached hydrogens (primary N) is 1. The topological polar surface area (TPSA) is 195 Å². The lowest BCUT2D eigenvalue weighted by Gasteiger charge is -2.22. The highest BCUT2D eigenvalue weighted by Gasteiger charge is 2.59. The molecule has 60 heavy (non-hydrogen) atoms. The third-order valence-electron chi connectivity index (χ3n) is 12.6. The molecule has 5 aliphatic rings. The van der Waals surface area contributed by atoms with Gasteiger partial charge in [0, 0.05) is 102 Å². The van der Waals surface area contributed by atoms with Crippen molar-refractivity contribution >= 4 is 97.5 Å². The monoisotopic (exact) mass is 876 g/mol. The van der Waals surface area contributed by atoms with Gasteiger partial charge in [-0.25, -0.2) is 29.9 Å². The molecule has 0 radical (unpaired) electrons. The molecular weight excluding hydrogens is 840 g/mol. The van der Waals surface area contributed by atoms with E-state index < -0.39 is 0 Å². The van der Waals surface area contributed by atoms with Gasteiger partial charge < -0.3 is 36.1 Å². The number of carbonyl (C=O) groups is 1. The summed E-state index contributed by atoms with van der Waals surface area (Å²) in [6.07, 6.45) is 7.73. The van der Waals surface area contributed by atoms with E-state index in [1.807, 2.05) is 24.3 Å². The summed E-state index contributed by atoms with van der Waals surface area (Å²) in [5, 5.41) is 11.2. The van der Waals surface area contributed by atoms with Gasteiger partial charge in [0.05, 0.1) is 20.8 Å². The molecule has 2 aliphatic carbocycles. The number of H-pyrrole nitrogens is 2. The van der Waals surface area contributed by atoms with E-state index in [1.165, 1.54) is 23.5 Å². The Bertz CT molecular complexity index is 2910. The number of pyridine rings is 1. The molecule has 4 fully saturated rings. The van der Waals surface area contributed by atoms with Crippen LogP contribution < -0.4 is 26.2 Å². The molecule has 9 heterocycles. The van der Waals surface area contributed by atoms with Crippen LogP contribution in [0, 0.1) is 11.8 Å². The van der Waals surface area contributed by atoms with Crippen molar-refractivity contribution < 1.29 is 4.79 Å². The molecule has 2 saturated heterocycles. The number of piperidine rings is 1. The summed E-state index contributed by atoms with van der Waals surface area (Å²) >= 11 is 17.2. The summed E-state index contributed by atoms with van der Waals surface area (Å²) in [6.45, 7) is 5.91. The van der Waals surface area contributed by atoms with Crippen molar-refractivity contribution in [2.24, 2.45) is 17.6 Å². The number of amides is 1. The summed E-state index contributed by atoms with van der Waals surface area (Å²) in [7, 11) is 0. The van der Waals surface area contributed by atoms with Crippen LogP contribution in [-0.2, 0) is 13.0 Å². The number of benzene rings is 1. The molecule has 5 atom stereocenters. The summed E-state index contributed by atoms with van der Waals surface area (Å²) in [5.74, 6) is 2.87. The predicted octanol–water partition coefficient (Wildman–Crippen LogP) is 6.10. The molecule has 1 aromatic carbocycles. The van der Waals surface area contributed by atoms with Gasteiger partial charge in [-0.1, -0.05) is 36.2 Å². The molecule has 7 aromatic rings.